The number of carbonyl (C=O) groups is 1. The highest BCUT2D eigenvalue weighted by Gasteiger charge is 2.40. The first kappa shape index (κ1) is 12.5. The van der Waals surface area contributed by atoms with Gasteiger partial charge in [0.05, 0.1) is 5.92 Å². The highest BCUT2D eigenvalue weighted by Crippen LogP contribution is 2.33. The number of hydrogen-bond donors (Lipinski definition) is 2. The summed E-state index contributed by atoms with van der Waals surface area (Å²) in [5.74, 6) is -0.882. The second-order valence-corrected chi connectivity index (χ2v) is 4.50. The van der Waals surface area contributed by atoms with E-state index in [1.165, 1.54) is 0 Å². The Bertz CT molecular complexity index is 218. The van der Waals surface area contributed by atoms with Gasteiger partial charge < -0.3 is 10.2 Å². The van der Waals surface area contributed by atoms with Crippen LogP contribution in [0.15, 0.2) is 0 Å². The summed E-state index contributed by atoms with van der Waals surface area (Å²) in [5.41, 5.74) is 0. The molecule has 1 rings (SSSR count). The van der Waals surface area contributed by atoms with Crippen molar-refractivity contribution < 1.29 is 15.0 Å². The molecule has 0 aromatic rings. The largest absolute Gasteiger partial charge is 0.481 e. The molecule has 2 N–H and O–H groups in total. The Morgan fingerprint density at radius 2 is 2.13 bits per heavy atom. The fourth-order valence-electron chi connectivity index (χ4n) is 2.23. The van der Waals surface area contributed by atoms with Crippen molar-refractivity contribution in [2.24, 2.45) is 5.92 Å². The molecular weight excluding hydrogens is 194 g/mol. The standard InChI is InChI=1S/C11H21NO3/c1-8(2)12(6-3-7-13)10-5-4-9(10)11(14)15/h8-10,13H,3-7H2,1-2H3,(H,14,15). The summed E-state index contributed by atoms with van der Waals surface area (Å²) < 4.78 is 0. The molecule has 1 aliphatic rings. The van der Waals surface area contributed by atoms with E-state index in [1.54, 1.807) is 0 Å². The smallest absolute Gasteiger partial charge is 0.308 e. The molecule has 4 nitrogen and oxygen atoms in total. The number of aliphatic hydroxyl groups excluding tert-OH is 1. The average molecular weight is 215 g/mol. The van der Waals surface area contributed by atoms with E-state index in [-0.39, 0.29) is 18.6 Å². The Morgan fingerprint density at radius 3 is 2.47 bits per heavy atom. The lowest BCUT2D eigenvalue weighted by Crippen LogP contribution is -2.53. The zero-order valence-corrected chi connectivity index (χ0v) is 9.52. The van der Waals surface area contributed by atoms with Crippen molar-refractivity contribution in [2.45, 2.75) is 45.2 Å². The topological polar surface area (TPSA) is 60.8 Å². The molecule has 2 unspecified atom stereocenters. The van der Waals surface area contributed by atoms with Crippen LogP contribution in [0.1, 0.15) is 33.1 Å². The molecule has 0 saturated heterocycles. The molecule has 0 heterocycles. The Labute approximate surface area is 90.9 Å². The van der Waals surface area contributed by atoms with Gasteiger partial charge in [-0.1, -0.05) is 0 Å². The molecule has 0 aromatic heterocycles. The maximum Gasteiger partial charge on any atom is 0.308 e. The van der Waals surface area contributed by atoms with E-state index >= 15 is 0 Å². The van der Waals surface area contributed by atoms with Gasteiger partial charge in [-0.2, -0.15) is 0 Å². The number of aliphatic carboxylic acids is 1. The van der Waals surface area contributed by atoms with Gasteiger partial charge in [0.2, 0.25) is 0 Å². The van der Waals surface area contributed by atoms with Gasteiger partial charge in [0.25, 0.3) is 0 Å². The summed E-state index contributed by atoms with van der Waals surface area (Å²) in [6, 6.07) is 0.526. The van der Waals surface area contributed by atoms with Crippen molar-refractivity contribution in [1.29, 1.82) is 0 Å². The zero-order chi connectivity index (χ0) is 11.4. The van der Waals surface area contributed by atoms with Gasteiger partial charge in [-0.15, -0.1) is 0 Å². The van der Waals surface area contributed by atoms with Gasteiger partial charge in [0.15, 0.2) is 0 Å². The molecule has 2 atom stereocenters. The van der Waals surface area contributed by atoms with Crippen molar-refractivity contribution in [1.82, 2.24) is 4.90 Å². The van der Waals surface area contributed by atoms with E-state index in [0.29, 0.717) is 6.04 Å². The van der Waals surface area contributed by atoms with Crippen LogP contribution in [0.4, 0.5) is 0 Å². The lowest BCUT2D eigenvalue weighted by atomic mass is 9.78. The highest BCUT2D eigenvalue weighted by molar-refractivity contribution is 5.72. The van der Waals surface area contributed by atoms with Crippen LogP contribution >= 0.6 is 0 Å². The van der Waals surface area contributed by atoms with Crippen molar-refractivity contribution in [3.8, 4) is 0 Å². The van der Waals surface area contributed by atoms with Gasteiger partial charge in [-0.25, -0.2) is 0 Å². The Hall–Kier alpha value is -0.610. The Balaban J connectivity index is 2.52. The normalized spacial score (nSPS) is 25.7. The highest BCUT2D eigenvalue weighted by atomic mass is 16.4. The molecule has 0 radical (unpaired) electrons. The molecule has 1 fully saturated rings. The molecule has 1 saturated carbocycles. The lowest BCUT2D eigenvalue weighted by Gasteiger charge is -2.44. The van der Waals surface area contributed by atoms with Gasteiger partial charge in [0, 0.05) is 25.2 Å². The van der Waals surface area contributed by atoms with E-state index in [9.17, 15) is 4.79 Å². The minimum Gasteiger partial charge on any atom is -0.481 e. The quantitative estimate of drug-likeness (QED) is 0.692. The predicted octanol–water partition coefficient (Wildman–Crippen LogP) is 0.942. The van der Waals surface area contributed by atoms with Crippen LogP contribution in [0.3, 0.4) is 0 Å². The SMILES string of the molecule is CC(C)N(CCCO)C1CCC1C(=O)O. The third-order valence-electron chi connectivity index (χ3n) is 3.22. The van der Waals surface area contributed by atoms with Gasteiger partial charge in [-0.05, 0) is 33.1 Å². The van der Waals surface area contributed by atoms with Gasteiger partial charge in [-0.3, -0.25) is 9.69 Å². The van der Waals surface area contributed by atoms with Crippen LogP contribution in [0.25, 0.3) is 0 Å². The minimum absolute atomic E-state index is 0.174. The molecule has 1 aliphatic carbocycles. The third-order valence-corrected chi connectivity index (χ3v) is 3.22. The summed E-state index contributed by atoms with van der Waals surface area (Å²) in [6.45, 7) is 5.12. The van der Waals surface area contributed by atoms with Crippen LogP contribution in [0, 0.1) is 5.92 Å². The molecule has 0 amide bonds. The molecule has 0 bridgehead atoms. The first-order chi connectivity index (χ1) is 7.07. The number of nitrogens with zero attached hydrogens (tertiary/aromatic N) is 1. The third kappa shape index (κ3) is 2.92. The number of hydrogen-bond acceptors (Lipinski definition) is 3. The first-order valence-electron chi connectivity index (χ1n) is 5.67. The second-order valence-electron chi connectivity index (χ2n) is 4.50. The van der Waals surface area contributed by atoms with Crippen LogP contribution < -0.4 is 0 Å². The monoisotopic (exact) mass is 215 g/mol. The number of aliphatic hydroxyl groups is 1. The summed E-state index contributed by atoms with van der Waals surface area (Å²) >= 11 is 0. The fourth-order valence-corrected chi connectivity index (χ4v) is 2.23. The maximum absolute atomic E-state index is 10.9. The van der Waals surface area contributed by atoms with Crippen molar-refractivity contribution in [3.63, 3.8) is 0 Å². The van der Waals surface area contributed by atoms with Crippen molar-refractivity contribution >= 4 is 5.97 Å². The molecular formula is C11H21NO3. The van der Waals surface area contributed by atoms with Gasteiger partial charge in [0.1, 0.15) is 0 Å². The summed E-state index contributed by atoms with van der Waals surface area (Å²) in [4.78, 5) is 13.1. The molecule has 4 heteroatoms. The molecule has 0 aliphatic heterocycles. The molecule has 0 spiro atoms. The van der Waals surface area contributed by atoms with Crippen LogP contribution in [-0.2, 0) is 4.79 Å². The average Bonchev–Trinajstić information content (AvgIpc) is 2.08. The van der Waals surface area contributed by atoms with Crippen LogP contribution in [0.2, 0.25) is 0 Å². The van der Waals surface area contributed by atoms with E-state index < -0.39 is 5.97 Å². The summed E-state index contributed by atoms with van der Waals surface area (Å²) in [7, 11) is 0. The van der Waals surface area contributed by atoms with E-state index in [1.807, 2.05) is 0 Å². The lowest BCUT2D eigenvalue weighted by molar-refractivity contribution is -0.149. The predicted molar refractivity (Wildman–Crippen MR) is 57.7 cm³/mol. The van der Waals surface area contributed by atoms with Crippen LogP contribution in [-0.4, -0.2) is 46.3 Å². The summed E-state index contributed by atoms with van der Waals surface area (Å²) in [5, 5.41) is 17.8. The van der Waals surface area contributed by atoms with Crippen molar-refractivity contribution in [3.05, 3.63) is 0 Å². The summed E-state index contributed by atoms with van der Waals surface area (Å²) in [6.07, 6.45) is 2.49. The van der Waals surface area contributed by atoms with Crippen molar-refractivity contribution in [2.75, 3.05) is 13.2 Å². The fraction of sp³-hybridized carbons (Fsp3) is 0.909. The Kier molecular flexibility index (Phi) is 4.54. The number of rotatable bonds is 6. The second kappa shape index (κ2) is 5.47. The number of carboxylic acids is 1. The number of carboxylic acid groups (broad SMARTS) is 1. The first-order valence-corrected chi connectivity index (χ1v) is 5.67. The van der Waals surface area contributed by atoms with E-state index in [2.05, 4.69) is 18.7 Å². The van der Waals surface area contributed by atoms with E-state index in [0.717, 1.165) is 25.8 Å². The molecule has 15 heavy (non-hydrogen) atoms. The zero-order valence-electron chi connectivity index (χ0n) is 9.52. The van der Waals surface area contributed by atoms with Gasteiger partial charge >= 0.3 is 5.97 Å². The molecule has 0 aromatic carbocycles. The Morgan fingerprint density at radius 1 is 1.47 bits per heavy atom. The maximum atomic E-state index is 10.9. The van der Waals surface area contributed by atoms with E-state index in [4.69, 9.17) is 10.2 Å². The molecule has 88 valence electrons. The van der Waals surface area contributed by atoms with Crippen LogP contribution in [0.5, 0.6) is 0 Å². The minimum atomic E-state index is -0.680.